The lowest BCUT2D eigenvalue weighted by atomic mass is 9.48. The number of carbonyl (C=O) groups is 2. The number of aliphatic carboxylic acids is 2. The second-order valence-corrected chi connectivity index (χ2v) is 7.04. The zero-order valence-electron chi connectivity index (χ0n) is 14.2. The highest BCUT2D eigenvalue weighted by Crippen LogP contribution is 2.61. The van der Waals surface area contributed by atoms with Crippen molar-refractivity contribution in [1.82, 2.24) is 4.98 Å². The molecule has 1 unspecified atom stereocenters. The highest BCUT2D eigenvalue weighted by atomic mass is 16.4. The average molecular weight is 330 g/mol. The quantitative estimate of drug-likeness (QED) is 0.864. The van der Waals surface area contributed by atoms with Crippen molar-refractivity contribution in [1.29, 1.82) is 0 Å². The number of dihydropyridines is 1. The minimum atomic E-state index is -1.40. The second-order valence-electron chi connectivity index (χ2n) is 7.04. The standard InChI is InChI=1S/C18H22N2O4/c1-16(2,14(21)22)18(17(3,4)15(23)24)9-7-11-20-13(18)12-8-5-6-10-19-12/h5-11,13H,1-4H3,(H,21,22)(H,23,24). The number of carboxylic acids is 2. The van der Waals surface area contributed by atoms with Crippen LogP contribution in [0.5, 0.6) is 0 Å². The molecule has 0 saturated heterocycles. The Morgan fingerprint density at radius 2 is 1.67 bits per heavy atom. The smallest absolute Gasteiger partial charge is 0.310 e. The third-order valence-electron chi connectivity index (χ3n) is 5.22. The Balaban J connectivity index is 2.83. The summed E-state index contributed by atoms with van der Waals surface area (Å²) in [5.41, 5.74) is -3.56. The highest BCUT2D eigenvalue weighted by Gasteiger charge is 2.65. The maximum Gasteiger partial charge on any atom is 0.310 e. The van der Waals surface area contributed by atoms with Crippen LogP contribution in [0.15, 0.2) is 41.5 Å². The molecule has 1 aromatic rings. The molecule has 1 aliphatic rings. The van der Waals surface area contributed by atoms with E-state index >= 15 is 0 Å². The molecule has 1 aromatic heterocycles. The predicted octanol–water partition coefficient (Wildman–Crippen LogP) is 2.97. The number of rotatable bonds is 5. The van der Waals surface area contributed by atoms with Crippen molar-refractivity contribution in [2.75, 3.05) is 0 Å². The van der Waals surface area contributed by atoms with Gasteiger partial charge in [0.15, 0.2) is 0 Å². The number of hydrogen-bond donors (Lipinski definition) is 2. The molecule has 1 aliphatic heterocycles. The molecule has 2 N–H and O–H groups in total. The summed E-state index contributed by atoms with van der Waals surface area (Å²) in [7, 11) is 0. The van der Waals surface area contributed by atoms with Crippen LogP contribution in [-0.2, 0) is 9.59 Å². The highest BCUT2D eigenvalue weighted by molar-refractivity contribution is 5.84. The van der Waals surface area contributed by atoms with Gasteiger partial charge in [0.2, 0.25) is 0 Å². The SMILES string of the molecule is CC(C)(C(=O)O)C1(C(C)(C)C(=O)O)C=CC=NC1c1ccccn1. The molecule has 0 bridgehead atoms. The molecule has 0 aliphatic carbocycles. The van der Waals surface area contributed by atoms with Crippen LogP contribution < -0.4 is 0 Å². The molecule has 2 rings (SSSR count). The number of hydrogen-bond acceptors (Lipinski definition) is 4. The number of aliphatic imine (C=N–C) groups is 1. The summed E-state index contributed by atoms with van der Waals surface area (Å²) in [6.07, 6.45) is 6.44. The molecule has 0 saturated carbocycles. The van der Waals surface area contributed by atoms with E-state index in [9.17, 15) is 19.8 Å². The monoisotopic (exact) mass is 330 g/mol. The van der Waals surface area contributed by atoms with Gasteiger partial charge in [-0.15, -0.1) is 0 Å². The van der Waals surface area contributed by atoms with Gasteiger partial charge >= 0.3 is 11.9 Å². The van der Waals surface area contributed by atoms with Gasteiger partial charge in [0, 0.05) is 17.8 Å². The first kappa shape index (κ1) is 17.8. The van der Waals surface area contributed by atoms with Crippen molar-refractivity contribution in [3.8, 4) is 0 Å². The Morgan fingerprint density at radius 3 is 2.12 bits per heavy atom. The zero-order valence-corrected chi connectivity index (χ0v) is 14.2. The van der Waals surface area contributed by atoms with E-state index in [1.54, 1.807) is 70.5 Å². The molecular formula is C18H22N2O4. The topological polar surface area (TPSA) is 99.8 Å². The minimum absolute atomic E-state index is 0.543. The molecule has 0 fully saturated rings. The van der Waals surface area contributed by atoms with Gasteiger partial charge < -0.3 is 10.2 Å². The summed E-state index contributed by atoms with van der Waals surface area (Å²) < 4.78 is 0. The molecule has 6 heteroatoms. The summed E-state index contributed by atoms with van der Waals surface area (Å²) >= 11 is 0. The molecule has 6 nitrogen and oxygen atoms in total. The van der Waals surface area contributed by atoms with Gasteiger partial charge in [-0.1, -0.05) is 12.1 Å². The van der Waals surface area contributed by atoms with Gasteiger partial charge in [0.1, 0.15) is 6.04 Å². The van der Waals surface area contributed by atoms with Crippen molar-refractivity contribution in [3.63, 3.8) is 0 Å². The molecule has 1 atom stereocenters. The third-order valence-corrected chi connectivity index (χ3v) is 5.22. The van der Waals surface area contributed by atoms with Crippen molar-refractivity contribution in [2.45, 2.75) is 33.7 Å². The van der Waals surface area contributed by atoms with Crippen LogP contribution in [0.2, 0.25) is 0 Å². The number of aromatic nitrogens is 1. The summed E-state index contributed by atoms with van der Waals surface area (Å²) in [5, 5.41) is 19.7. The van der Waals surface area contributed by atoms with E-state index in [-0.39, 0.29) is 0 Å². The fourth-order valence-electron chi connectivity index (χ4n) is 3.62. The first-order valence-corrected chi connectivity index (χ1v) is 7.68. The molecule has 24 heavy (non-hydrogen) atoms. The maximum absolute atomic E-state index is 12.1. The Labute approximate surface area is 141 Å². The minimum Gasteiger partial charge on any atom is -0.481 e. The number of pyridine rings is 1. The van der Waals surface area contributed by atoms with E-state index in [1.165, 1.54) is 0 Å². The van der Waals surface area contributed by atoms with Crippen LogP contribution in [0.25, 0.3) is 0 Å². The Morgan fingerprint density at radius 1 is 1.08 bits per heavy atom. The number of allylic oxidation sites excluding steroid dienone is 1. The Hall–Kier alpha value is -2.50. The first-order valence-electron chi connectivity index (χ1n) is 7.68. The lowest BCUT2D eigenvalue weighted by molar-refractivity contribution is -0.172. The van der Waals surface area contributed by atoms with Crippen molar-refractivity contribution in [2.24, 2.45) is 21.2 Å². The molecule has 0 aromatic carbocycles. The largest absolute Gasteiger partial charge is 0.481 e. The Bertz CT molecular complexity index is 679. The van der Waals surface area contributed by atoms with Crippen molar-refractivity contribution < 1.29 is 19.8 Å². The van der Waals surface area contributed by atoms with Crippen LogP contribution in [-0.4, -0.2) is 33.4 Å². The fourth-order valence-corrected chi connectivity index (χ4v) is 3.62. The second kappa shape index (κ2) is 5.85. The van der Waals surface area contributed by atoms with E-state index in [4.69, 9.17) is 0 Å². The lowest BCUT2D eigenvalue weighted by Crippen LogP contribution is -2.58. The van der Waals surface area contributed by atoms with E-state index in [0.717, 1.165) is 0 Å². The first-order chi connectivity index (χ1) is 11.1. The van der Waals surface area contributed by atoms with E-state index in [0.29, 0.717) is 5.69 Å². The van der Waals surface area contributed by atoms with Crippen molar-refractivity contribution >= 4 is 18.2 Å². The lowest BCUT2D eigenvalue weighted by Gasteiger charge is -2.53. The van der Waals surface area contributed by atoms with E-state index < -0.39 is 34.2 Å². The molecule has 0 amide bonds. The molecule has 128 valence electrons. The van der Waals surface area contributed by atoms with Gasteiger partial charge in [0.25, 0.3) is 0 Å². The normalized spacial score (nSPS) is 19.9. The molecule has 0 spiro atoms. The maximum atomic E-state index is 12.1. The van der Waals surface area contributed by atoms with Gasteiger partial charge in [-0.25, -0.2) is 0 Å². The van der Waals surface area contributed by atoms with Crippen LogP contribution in [0, 0.1) is 16.2 Å². The summed E-state index contributed by atoms with van der Waals surface area (Å²) in [6, 6.07) is 4.55. The van der Waals surface area contributed by atoms with Gasteiger partial charge in [-0.05, 0) is 45.9 Å². The molecule has 2 heterocycles. The predicted molar refractivity (Wildman–Crippen MR) is 89.9 cm³/mol. The summed E-state index contributed by atoms with van der Waals surface area (Å²) in [4.78, 5) is 32.9. The fraction of sp³-hybridized carbons (Fsp3) is 0.444. The summed E-state index contributed by atoms with van der Waals surface area (Å²) in [5.74, 6) is -2.17. The third kappa shape index (κ3) is 2.33. The molecular weight excluding hydrogens is 308 g/mol. The van der Waals surface area contributed by atoms with Gasteiger partial charge in [0.05, 0.1) is 16.5 Å². The van der Waals surface area contributed by atoms with Crippen LogP contribution in [0.3, 0.4) is 0 Å². The van der Waals surface area contributed by atoms with Gasteiger partial charge in [-0.2, -0.15) is 0 Å². The van der Waals surface area contributed by atoms with Crippen LogP contribution in [0.4, 0.5) is 0 Å². The Kier molecular flexibility index (Phi) is 4.35. The zero-order chi connectivity index (χ0) is 18.2. The summed E-state index contributed by atoms with van der Waals surface area (Å²) in [6.45, 7) is 6.17. The average Bonchev–Trinajstić information content (AvgIpc) is 2.54. The molecule has 0 radical (unpaired) electrons. The van der Waals surface area contributed by atoms with E-state index in [1.807, 2.05) is 0 Å². The number of nitrogens with zero attached hydrogens (tertiary/aromatic N) is 2. The van der Waals surface area contributed by atoms with Gasteiger partial charge in [-0.3, -0.25) is 19.6 Å². The van der Waals surface area contributed by atoms with Crippen LogP contribution >= 0.6 is 0 Å². The van der Waals surface area contributed by atoms with Crippen LogP contribution in [0.1, 0.15) is 39.4 Å². The van der Waals surface area contributed by atoms with E-state index in [2.05, 4.69) is 9.98 Å². The number of carboxylic acid groups (broad SMARTS) is 2. The van der Waals surface area contributed by atoms with Crippen molar-refractivity contribution in [3.05, 3.63) is 42.2 Å².